The third-order valence-corrected chi connectivity index (χ3v) is 2.51. The van der Waals surface area contributed by atoms with Gasteiger partial charge in [-0.3, -0.25) is 10.2 Å². The molecule has 100 valence electrons. The fourth-order valence-corrected chi connectivity index (χ4v) is 1.59. The molecule has 2 N–H and O–H groups in total. The average molecular weight is 252 g/mol. The summed E-state index contributed by atoms with van der Waals surface area (Å²) in [5, 5.41) is 0. The van der Waals surface area contributed by atoms with E-state index in [1.807, 2.05) is 18.2 Å². The van der Waals surface area contributed by atoms with Gasteiger partial charge in [-0.05, 0) is 24.1 Å². The van der Waals surface area contributed by atoms with Crippen molar-refractivity contribution in [3.63, 3.8) is 0 Å². The van der Waals surface area contributed by atoms with Crippen LogP contribution in [0.2, 0.25) is 0 Å². The number of amides is 1. The summed E-state index contributed by atoms with van der Waals surface area (Å²) in [7, 11) is 3.25. The van der Waals surface area contributed by atoms with Gasteiger partial charge in [0.2, 0.25) is 0 Å². The quantitative estimate of drug-likeness (QED) is 0.711. The second kappa shape index (κ2) is 7.68. The van der Waals surface area contributed by atoms with Gasteiger partial charge in [-0.15, -0.1) is 0 Å². The summed E-state index contributed by atoms with van der Waals surface area (Å²) in [4.78, 5) is 11.2. The van der Waals surface area contributed by atoms with E-state index in [1.54, 1.807) is 14.2 Å². The summed E-state index contributed by atoms with van der Waals surface area (Å²) in [5.74, 6) is 0.573. The number of benzene rings is 1. The predicted octanol–water partition coefficient (Wildman–Crippen LogP) is 1.02. The molecule has 1 aromatic carbocycles. The van der Waals surface area contributed by atoms with Crippen LogP contribution in [0.15, 0.2) is 18.2 Å². The summed E-state index contributed by atoms with van der Waals surface area (Å²) < 4.78 is 10.6. The minimum atomic E-state index is -0.205. The maximum absolute atomic E-state index is 11.2. The number of hydrogen-bond donors (Lipinski definition) is 2. The molecule has 0 aliphatic rings. The Hall–Kier alpha value is -1.59. The Kier molecular flexibility index (Phi) is 6.18. The molecule has 1 amide bonds. The number of aryl methyl sites for hydroxylation is 1. The smallest absolute Gasteiger partial charge is 0.260 e. The van der Waals surface area contributed by atoms with E-state index in [9.17, 15) is 4.79 Å². The molecular formula is C13H20N2O3. The van der Waals surface area contributed by atoms with Crippen LogP contribution in [0.5, 0.6) is 5.75 Å². The normalized spacial score (nSPS) is 10.2. The van der Waals surface area contributed by atoms with Crippen LogP contribution in [0, 0.1) is 0 Å². The first-order chi connectivity index (χ1) is 8.71. The average Bonchev–Trinajstić information content (AvgIpc) is 2.39. The van der Waals surface area contributed by atoms with E-state index in [-0.39, 0.29) is 12.5 Å². The topological polar surface area (TPSA) is 59.6 Å². The van der Waals surface area contributed by atoms with Gasteiger partial charge in [-0.25, -0.2) is 5.43 Å². The highest BCUT2D eigenvalue weighted by molar-refractivity contribution is 5.76. The molecule has 0 saturated heterocycles. The van der Waals surface area contributed by atoms with E-state index < -0.39 is 0 Å². The number of methoxy groups -OCH3 is 1. The number of hydrogen-bond acceptors (Lipinski definition) is 4. The Morgan fingerprint density at radius 1 is 1.39 bits per heavy atom. The molecule has 0 radical (unpaired) electrons. The van der Waals surface area contributed by atoms with Gasteiger partial charge in [-0.1, -0.05) is 13.0 Å². The Bertz CT molecular complexity index is 394. The van der Waals surface area contributed by atoms with E-state index >= 15 is 0 Å². The van der Waals surface area contributed by atoms with Crippen LogP contribution in [0.25, 0.3) is 0 Å². The molecule has 18 heavy (non-hydrogen) atoms. The minimum absolute atomic E-state index is 0.0142. The molecule has 0 aliphatic carbocycles. The highest BCUT2D eigenvalue weighted by atomic mass is 16.5. The van der Waals surface area contributed by atoms with Crippen molar-refractivity contribution in [2.24, 2.45) is 0 Å². The zero-order valence-electron chi connectivity index (χ0n) is 11.1. The highest BCUT2D eigenvalue weighted by Crippen LogP contribution is 2.21. The highest BCUT2D eigenvalue weighted by Gasteiger charge is 2.06. The number of nitrogens with one attached hydrogen (secondary N) is 2. The van der Waals surface area contributed by atoms with Crippen LogP contribution in [0.3, 0.4) is 0 Å². The van der Waals surface area contributed by atoms with E-state index in [1.165, 1.54) is 5.56 Å². The largest absolute Gasteiger partial charge is 0.496 e. The Morgan fingerprint density at radius 2 is 2.17 bits per heavy atom. The summed E-state index contributed by atoms with van der Waals surface area (Å²) in [5.41, 5.74) is 7.16. The van der Waals surface area contributed by atoms with Gasteiger partial charge in [-0.2, -0.15) is 0 Å². The van der Waals surface area contributed by atoms with Crippen LogP contribution < -0.4 is 15.6 Å². The standard InChI is InChI=1S/C13H20N2O3/c1-4-10-5-6-12(17-3)11(7-10)8-18-9-13(16)15-14-2/h5-7,14H,4,8-9H2,1-3H3,(H,15,16). The van der Waals surface area contributed by atoms with E-state index in [4.69, 9.17) is 9.47 Å². The molecule has 0 spiro atoms. The number of rotatable bonds is 7. The van der Waals surface area contributed by atoms with Gasteiger partial charge in [0, 0.05) is 12.6 Å². The lowest BCUT2D eigenvalue weighted by molar-refractivity contribution is -0.126. The molecule has 0 atom stereocenters. The van der Waals surface area contributed by atoms with Gasteiger partial charge in [0.1, 0.15) is 12.4 Å². The maximum atomic E-state index is 11.2. The van der Waals surface area contributed by atoms with E-state index in [0.717, 1.165) is 17.7 Å². The van der Waals surface area contributed by atoms with Crippen molar-refractivity contribution in [3.05, 3.63) is 29.3 Å². The van der Waals surface area contributed by atoms with Gasteiger partial charge in [0.25, 0.3) is 5.91 Å². The zero-order chi connectivity index (χ0) is 13.4. The molecule has 0 aromatic heterocycles. The Balaban J connectivity index is 2.57. The minimum Gasteiger partial charge on any atom is -0.496 e. The number of carbonyl (C=O) groups excluding carboxylic acids is 1. The summed E-state index contributed by atoms with van der Waals surface area (Å²) in [6.45, 7) is 2.46. The van der Waals surface area contributed by atoms with Crippen LogP contribution in [0.1, 0.15) is 18.1 Å². The molecule has 0 fully saturated rings. The van der Waals surface area contributed by atoms with Crippen molar-refractivity contribution < 1.29 is 14.3 Å². The maximum Gasteiger partial charge on any atom is 0.260 e. The molecular weight excluding hydrogens is 232 g/mol. The third kappa shape index (κ3) is 4.35. The molecule has 0 saturated carbocycles. The fraction of sp³-hybridized carbons (Fsp3) is 0.462. The first kappa shape index (κ1) is 14.5. The lowest BCUT2D eigenvalue weighted by atomic mass is 10.1. The molecule has 1 rings (SSSR count). The number of hydrazine groups is 1. The monoisotopic (exact) mass is 252 g/mol. The summed E-state index contributed by atoms with van der Waals surface area (Å²) in [6.07, 6.45) is 0.956. The number of ether oxygens (including phenoxy) is 2. The van der Waals surface area contributed by atoms with Crippen molar-refractivity contribution in [3.8, 4) is 5.75 Å². The van der Waals surface area contributed by atoms with Gasteiger partial charge >= 0.3 is 0 Å². The Labute approximate surface area is 107 Å². The second-order valence-electron chi connectivity index (χ2n) is 3.79. The molecule has 0 unspecified atom stereocenters. The summed E-state index contributed by atoms with van der Waals surface area (Å²) >= 11 is 0. The van der Waals surface area contributed by atoms with Crippen molar-refractivity contribution in [2.45, 2.75) is 20.0 Å². The number of carbonyl (C=O) groups is 1. The van der Waals surface area contributed by atoms with E-state index in [2.05, 4.69) is 17.8 Å². The zero-order valence-corrected chi connectivity index (χ0v) is 11.1. The molecule has 5 nitrogen and oxygen atoms in total. The Morgan fingerprint density at radius 3 is 2.78 bits per heavy atom. The van der Waals surface area contributed by atoms with Gasteiger partial charge in [0.15, 0.2) is 0 Å². The summed E-state index contributed by atoms with van der Waals surface area (Å²) in [6, 6.07) is 5.98. The fourth-order valence-electron chi connectivity index (χ4n) is 1.59. The van der Waals surface area contributed by atoms with E-state index in [0.29, 0.717) is 6.61 Å². The molecule has 0 heterocycles. The van der Waals surface area contributed by atoms with Crippen LogP contribution >= 0.6 is 0 Å². The van der Waals surface area contributed by atoms with Crippen LogP contribution in [0.4, 0.5) is 0 Å². The second-order valence-corrected chi connectivity index (χ2v) is 3.79. The first-order valence-electron chi connectivity index (χ1n) is 5.90. The molecule has 0 bridgehead atoms. The molecule has 1 aromatic rings. The SMILES string of the molecule is CCc1ccc(OC)c(COCC(=O)NNC)c1. The van der Waals surface area contributed by atoms with Gasteiger partial charge < -0.3 is 9.47 Å². The molecule has 0 aliphatic heterocycles. The van der Waals surface area contributed by atoms with Crippen LogP contribution in [-0.2, 0) is 22.6 Å². The van der Waals surface area contributed by atoms with Crippen molar-refractivity contribution in [2.75, 3.05) is 20.8 Å². The van der Waals surface area contributed by atoms with Crippen molar-refractivity contribution in [1.29, 1.82) is 0 Å². The van der Waals surface area contributed by atoms with Crippen molar-refractivity contribution >= 4 is 5.91 Å². The van der Waals surface area contributed by atoms with Gasteiger partial charge in [0.05, 0.1) is 13.7 Å². The lowest BCUT2D eigenvalue weighted by Gasteiger charge is -2.10. The lowest BCUT2D eigenvalue weighted by Crippen LogP contribution is -2.36. The molecule has 5 heteroatoms. The van der Waals surface area contributed by atoms with Crippen molar-refractivity contribution in [1.82, 2.24) is 10.9 Å². The van der Waals surface area contributed by atoms with Crippen LogP contribution in [-0.4, -0.2) is 26.7 Å². The predicted molar refractivity (Wildman–Crippen MR) is 69.2 cm³/mol. The third-order valence-electron chi connectivity index (χ3n) is 2.51. The first-order valence-corrected chi connectivity index (χ1v) is 5.90.